The summed E-state index contributed by atoms with van der Waals surface area (Å²) in [5, 5.41) is 7.39. The van der Waals surface area contributed by atoms with Crippen LogP contribution in [-0.4, -0.2) is 59.1 Å². The maximum Gasteiger partial charge on any atom is 0.257 e. The van der Waals surface area contributed by atoms with E-state index in [9.17, 15) is 4.79 Å². The van der Waals surface area contributed by atoms with Crippen LogP contribution >= 0.6 is 0 Å². The van der Waals surface area contributed by atoms with E-state index in [1.807, 2.05) is 18.9 Å². The standard InChI is InChI=1S/C18H30N4O/c1-12(2)9-22-8-7-14(11-22)10-21(4)18(23)16-13(3)19-20-17(16)15-5-6-15/h12,14-15H,5-11H2,1-4H3,(H,19,20). The van der Waals surface area contributed by atoms with Crippen LogP contribution in [0.2, 0.25) is 0 Å². The van der Waals surface area contributed by atoms with Gasteiger partial charge in [0.1, 0.15) is 0 Å². The highest BCUT2D eigenvalue weighted by Gasteiger charge is 2.33. The predicted molar refractivity (Wildman–Crippen MR) is 91.6 cm³/mol. The molecule has 5 nitrogen and oxygen atoms in total. The van der Waals surface area contributed by atoms with Crippen molar-refractivity contribution in [2.45, 2.75) is 46.0 Å². The van der Waals surface area contributed by atoms with E-state index in [-0.39, 0.29) is 5.91 Å². The minimum atomic E-state index is 0.139. The molecule has 0 aromatic carbocycles. The van der Waals surface area contributed by atoms with Crippen molar-refractivity contribution in [2.75, 3.05) is 33.2 Å². The van der Waals surface area contributed by atoms with E-state index in [4.69, 9.17) is 0 Å². The molecule has 1 aromatic rings. The molecule has 3 rings (SSSR count). The van der Waals surface area contributed by atoms with Gasteiger partial charge in [0, 0.05) is 38.3 Å². The van der Waals surface area contributed by atoms with E-state index < -0.39 is 0 Å². The third kappa shape index (κ3) is 3.77. The Bertz CT molecular complexity index is 561. The SMILES string of the molecule is Cc1[nH]nc(C2CC2)c1C(=O)N(C)CC1CCN(CC(C)C)C1. The predicted octanol–water partition coefficient (Wildman–Crippen LogP) is 2.65. The van der Waals surface area contributed by atoms with E-state index in [0.29, 0.717) is 17.8 Å². The molecule has 0 radical (unpaired) electrons. The lowest BCUT2D eigenvalue weighted by Gasteiger charge is -2.23. The molecular weight excluding hydrogens is 288 g/mol. The fourth-order valence-corrected chi connectivity index (χ4v) is 3.78. The third-order valence-corrected chi connectivity index (χ3v) is 5.03. The Balaban J connectivity index is 1.59. The van der Waals surface area contributed by atoms with Crippen molar-refractivity contribution in [3.63, 3.8) is 0 Å². The molecule has 1 N–H and O–H groups in total. The monoisotopic (exact) mass is 318 g/mol. The number of rotatable bonds is 6. The number of nitrogens with zero attached hydrogens (tertiary/aromatic N) is 3. The van der Waals surface area contributed by atoms with E-state index in [2.05, 4.69) is 28.9 Å². The highest BCUT2D eigenvalue weighted by molar-refractivity contribution is 5.96. The van der Waals surface area contributed by atoms with Crippen LogP contribution in [0.1, 0.15) is 60.8 Å². The molecule has 1 saturated heterocycles. The highest BCUT2D eigenvalue weighted by Crippen LogP contribution is 2.41. The van der Waals surface area contributed by atoms with Gasteiger partial charge in [-0.05, 0) is 44.6 Å². The summed E-state index contributed by atoms with van der Waals surface area (Å²) in [7, 11) is 1.94. The van der Waals surface area contributed by atoms with Crippen molar-refractivity contribution < 1.29 is 4.79 Å². The van der Waals surface area contributed by atoms with Crippen molar-refractivity contribution in [2.24, 2.45) is 11.8 Å². The summed E-state index contributed by atoms with van der Waals surface area (Å²) in [4.78, 5) is 17.3. The molecule has 2 fully saturated rings. The van der Waals surface area contributed by atoms with Crippen molar-refractivity contribution in [1.29, 1.82) is 0 Å². The van der Waals surface area contributed by atoms with Crippen LogP contribution in [-0.2, 0) is 0 Å². The Morgan fingerprint density at radius 1 is 1.39 bits per heavy atom. The summed E-state index contributed by atoms with van der Waals surface area (Å²) in [6.45, 7) is 10.8. The number of likely N-dealkylation sites (tertiary alicyclic amines) is 1. The van der Waals surface area contributed by atoms with Gasteiger partial charge in [0.15, 0.2) is 0 Å². The molecule has 1 saturated carbocycles. The molecule has 1 aliphatic carbocycles. The zero-order chi connectivity index (χ0) is 16.6. The summed E-state index contributed by atoms with van der Waals surface area (Å²) >= 11 is 0. The number of aromatic nitrogens is 2. The molecule has 1 unspecified atom stereocenters. The highest BCUT2D eigenvalue weighted by atomic mass is 16.2. The number of amides is 1. The fourth-order valence-electron chi connectivity index (χ4n) is 3.78. The van der Waals surface area contributed by atoms with Crippen LogP contribution in [0.25, 0.3) is 0 Å². The van der Waals surface area contributed by atoms with E-state index in [0.717, 1.165) is 30.0 Å². The second-order valence-electron chi connectivity index (χ2n) is 7.88. The molecule has 1 aliphatic heterocycles. The van der Waals surface area contributed by atoms with Crippen LogP contribution < -0.4 is 0 Å². The Hall–Kier alpha value is -1.36. The smallest absolute Gasteiger partial charge is 0.257 e. The normalized spacial score (nSPS) is 22.0. The molecule has 1 aromatic heterocycles. The molecule has 1 atom stereocenters. The summed E-state index contributed by atoms with van der Waals surface area (Å²) in [5.41, 5.74) is 2.73. The zero-order valence-corrected chi connectivity index (χ0v) is 14.9. The number of aryl methyl sites for hydroxylation is 1. The summed E-state index contributed by atoms with van der Waals surface area (Å²) in [5.74, 6) is 1.95. The molecular formula is C18H30N4O. The topological polar surface area (TPSA) is 52.2 Å². The van der Waals surface area contributed by atoms with Crippen molar-refractivity contribution in [3.05, 3.63) is 17.0 Å². The maximum atomic E-state index is 12.9. The number of carbonyl (C=O) groups is 1. The maximum absolute atomic E-state index is 12.9. The number of nitrogens with one attached hydrogen (secondary N) is 1. The van der Waals surface area contributed by atoms with Gasteiger partial charge in [-0.25, -0.2) is 0 Å². The molecule has 1 amide bonds. The molecule has 2 aliphatic rings. The first kappa shape index (κ1) is 16.5. The Morgan fingerprint density at radius 3 is 2.78 bits per heavy atom. The Morgan fingerprint density at radius 2 is 2.13 bits per heavy atom. The lowest BCUT2D eigenvalue weighted by atomic mass is 10.1. The van der Waals surface area contributed by atoms with Crippen LogP contribution in [0.3, 0.4) is 0 Å². The molecule has 5 heteroatoms. The fraction of sp³-hybridized carbons (Fsp3) is 0.778. The van der Waals surface area contributed by atoms with Crippen LogP contribution in [0, 0.1) is 18.8 Å². The van der Waals surface area contributed by atoms with Crippen LogP contribution in [0.5, 0.6) is 0 Å². The van der Waals surface area contributed by atoms with Crippen molar-refractivity contribution in [1.82, 2.24) is 20.0 Å². The van der Waals surface area contributed by atoms with Gasteiger partial charge in [0.2, 0.25) is 0 Å². The van der Waals surface area contributed by atoms with Gasteiger partial charge < -0.3 is 9.80 Å². The molecule has 2 heterocycles. The molecule has 0 bridgehead atoms. The van der Waals surface area contributed by atoms with E-state index >= 15 is 0 Å². The number of hydrogen-bond acceptors (Lipinski definition) is 3. The Labute approximate surface area is 139 Å². The summed E-state index contributed by atoms with van der Waals surface area (Å²) < 4.78 is 0. The second-order valence-corrected chi connectivity index (χ2v) is 7.88. The van der Waals surface area contributed by atoms with Gasteiger partial charge in [-0.2, -0.15) is 5.10 Å². The van der Waals surface area contributed by atoms with Crippen molar-refractivity contribution >= 4 is 5.91 Å². The lowest BCUT2D eigenvalue weighted by Crippen LogP contribution is -2.34. The first-order chi connectivity index (χ1) is 11.0. The summed E-state index contributed by atoms with van der Waals surface area (Å²) in [6.07, 6.45) is 3.53. The first-order valence-corrected chi connectivity index (χ1v) is 8.98. The van der Waals surface area contributed by atoms with Gasteiger partial charge in [0.25, 0.3) is 5.91 Å². The number of carbonyl (C=O) groups excluding carboxylic acids is 1. The van der Waals surface area contributed by atoms with E-state index in [1.165, 1.54) is 32.4 Å². The largest absolute Gasteiger partial charge is 0.341 e. The van der Waals surface area contributed by atoms with Gasteiger partial charge in [-0.15, -0.1) is 0 Å². The first-order valence-electron chi connectivity index (χ1n) is 8.98. The average molecular weight is 318 g/mol. The molecule has 0 spiro atoms. The number of H-pyrrole nitrogens is 1. The molecule has 23 heavy (non-hydrogen) atoms. The Kier molecular flexibility index (Phi) is 4.76. The van der Waals surface area contributed by atoms with Crippen molar-refractivity contribution in [3.8, 4) is 0 Å². The van der Waals surface area contributed by atoms with Crippen LogP contribution in [0.4, 0.5) is 0 Å². The minimum absolute atomic E-state index is 0.139. The molecule has 128 valence electrons. The zero-order valence-electron chi connectivity index (χ0n) is 14.9. The van der Waals surface area contributed by atoms with Gasteiger partial charge >= 0.3 is 0 Å². The quantitative estimate of drug-likeness (QED) is 0.877. The third-order valence-electron chi connectivity index (χ3n) is 5.03. The second kappa shape index (κ2) is 6.63. The van der Waals surface area contributed by atoms with E-state index in [1.54, 1.807) is 0 Å². The average Bonchev–Trinajstić information content (AvgIpc) is 3.13. The number of hydrogen-bond donors (Lipinski definition) is 1. The minimum Gasteiger partial charge on any atom is -0.341 e. The van der Waals surface area contributed by atoms with Gasteiger partial charge in [-0.3, -0.25) is 9.89 Å². The van der Waals surface area contributed by atoms with Gasteiger partial charge in [0.05, 0.1) is 11.3 Å². The summed E-state index contributed by atoms with van der Waals surface area (Å²) in [6, 6.07) is 0. The lowest BCUT2D eigenvalue weighted by molar-refractivity contribution is 0.0771. The number of aromatic amines is 1. The van der Waals surface area contributed by atoms with Crippen LogP contribution in [0.15, 0.2) is 0 Å². The van der Waals surface area contributed by atoms with Gasteiger partial charge in [-0.1, -0.05) is 13.8 Å².